The minimum Gasteiger partial charge on any atom is -0.406 e. The first kappa shape index (κ1) is 27.6. The summed E-state index contributed by atoms with van der Waals surface area (Å²) in [5.74, 6) is -1.03. The van der Waals surface area contributed by atoms with Gasteiger partial charge >= 0.3 is 6.36 Å². The van der Waals surface area contributed by atoms with Gasteiger partial charge in [-0.1, -0.05) is 17.7 Å². The van der Waals surface area contributed by atoms with Gasteiger partial charge in [-0.2, -0.15) is 0 Å². The number of carbonyl (C=O) groups excluding carboxylic acids is 1. The number of alkyl halides is 3. The fourth-order valence-corrected chi connectivity index (χ4v) is 5.15. The van der Waals surface area contributed by atoms with Crippen molar-refractivity contribution in [2.45, 2.75) is 32.8 Å². The largest absolute Gasteiger partial charge is 0.573 e. The van der Waals surface area contributed by atoms with Crippen LogP contribution in [-0.2, 0) is 6.54 Å². The molecule has 0 bridgehead atoms. The number of rotatable bonds is 6. The number of halogens is 5. The van der Waals surface area contributed by atoms with E-state index in [4.69, 9.17) is 11.6 Å². The number of carbonyl (C=O) groups is 1. The zero-order chi connectivity index (χ0) is 28.6. The number of fused-ring (bicyclic) bond motifs is 1. The van der Waals surface area contributed by atoms with Crippen LogP contribution in [0, 0.1) is 12.7 Å². The van der Waals surface area contributed by atoms with E-state index in [0.29, 0.717) is 52.9 Å². The Morgan fingerprint density at radius 1 is 1.12 bits per heavy atom. The monoisotopic (exact) mass is 575 g/mol. The third kappa shape index (κ3) is 5.94. The van der Waals surface area contributed by atoms with Crippen molar-refractivity contribution < 1.29 is 27.1 Å². The molecule has 0 spiro atoms. The van der Waals surface area contributed by atoms with Gasteiger partial charge < -0.3 is 19.9 Å². The molecule has 12 heteroatoms. The summed E-state index contributed by atoms with van der Waals surface area (Å²) in [6, 6.07) is 14.0. The summed E-state index contributed by atoms with van der Waals surface area (Å²) in [5.41, 5.74) is 3.33. The number of nitrogens with one attached hydrogen (secondary N) is 1. The molecule has 0 radical (unpaired) electrons. The lowest BCUT2D eigenvalue weighted by Gasteiger charge is -2.42. The van der Waals surface area contributed by atoms with Gasteiger partial charge in [-0.25, -0.2) is 9.37 Å². The molecule has 0 saturated carbocycles. The Labute approximate surface area is 232 Å². The maximum Gasteiger partial charge on any atom is 0.573 e. The molecule has 40 heavy (non-hydrogen) atoms. The molecule has 1 atom stereocenters. The number of aryl methyl sites for hydroxylation is 1. The molecule has 2 aromatic heterocycles. The number of nitrogens with zero attached hydrogens (tertiary/aromatic N) is 4. The van der Waals surface area contributed by atoms with Crippen molar-refractivity contribution in [2.24, 2.45) is 0 Å². The summed E-state index contributed by atoms with van der Waals surface area (Å²) in [5, 5.41) is 3.30. The van der Waals surface area contributed by atoms with Crippen LogP contribution in [0.3, 0.4) is 0 Å². The lowest BCUT2D eigenvalue weighted by atomic mass is 10.1. The quantitative estimate of drug-likeness (QED) is 0.287. The van der Waals surface area contributed by atoms with Crippen LogP contribution in [0.1, 0.15) is 28.7 Å². The highest BCUT2D eigenvalue weighted by Crippen LogP contribution is 2.29. The fraction of sp³-hybridized carbons (Fsp3) is 0.286. The van der Waals surface area contributed by atoms with Crippen LogP contribution in [0.2, 0.25) is 5.02 Å². The number of piperazine rings is 1. The summed E-state index contributed by atoms with van der Waals surface area (Å²) in [6.07, 6.45) is -3.12. The number of pyridine rings is 1. The molecule has 2 aromatic carbocycles. The van der Waals surface area contributed by atoms with Crippen LogP contribution in [0.25, 0.3) is 5.65 Å². The van der Waals surface area contributed by atoms with Crippen molar-refractivity contribution in [2.75, 3.05) is 29.4 Å². The molecule has 5 rings (SSSR count). The van der Waals surface area contributed by atoms with Crippen molar-refractivity contribution in [3.8, 4) is 5.75 Å². The van der Waals surface area contributed by atoms with Crippen LogP contribution >= 0.6 is 11.6 Å². The number of amides is 1. The van der Waals surface area contributed by atoms with Crippen LogP contribution in [0.5, 0.6) is 5.75 Å². The zero-order valence-electron chi connectivity index (χ0n) is 21.7. The Balaban J connectivity index is 1.21. The molecule has 1 saturated heterocycles. The zero-order valence-corrected chi connectivity index (χ0v) is 22.4. The fourth-order valence-electron chi connectivity index (χ4n) is 4.99. The summed E-state index contributed by atoms with van der Waals surface area (Å²) in [4.78, 5) is 21.3. The number of anilines is 2. The minimum absolute atomic E-state index is 0.0243. The average molecular weight is 576 g/mol. The molecule has 4 aromatic rings. The van der Waals surface area contributed by atoms with E-state index >= 15 is 4.39 Å². The van der Waals surface area contributed by atoms with Gasteiger partial charge in [0.05, 0.1) is 16.4 Å². The predicted octanol–water partition coefficient (Wildman–Crippen LogP) is 5.98. The van der Waals surface area contributed by atoms with E-state index in [1.54, 1.807) is 53.9 Å². The second-order valence-corrected chi connectivity index (χ2v) is 10.1. The molecule has 1 N–H and O–H groups in total. The van der Waals surface area contributed by atoms with Gasteiger partial charge in [0.25, 0.3) is 5.91 Å². The highest BCUT2D eigenvalue weighted by molar-refractivity contribution is 6.30. The van der Waals surface area contributed by atoms with E-state index in [1.807, 2.05) is 11.8 Å². The molecule has 7 nitrogen and oxygen atoms in total. The van der Waals surface area contributed by atoms with Gasteiger partial charge in [0.2, 0.25) is 0 Å². The molecule has 1 aliphatic rings. The lowest BCUT2D eigenvalue weighted by molar-refractivity contribution is -0.274. The average Bonchev–Trinajstić information content (AvgIpc) is 3.22. The van der Waals surface area contributed by atoms with E-state index in [9.17, 15) is 18.0 Å². The van der Waals surface area contributed by atoms with E-state index in [1.165, 1.54) is 18.2 Å². The molecule has 1 amide bonds. The van der Waals surface area contributed by atoms with Gasteiger partial charge in [0, 0.05) is 44.1 Å². The van der Waals surface area contributed by atoms with Crippen LogP contribution < -0.4 is 19.9 Å². The molecule has 1 aliphatic heterocycles. The van der Waals surface area contributed by atoms with Crippen molar-refractivity contribution in [1.29, 1.82) is 0 Å². The summed E-state index contributed by atoms with van der Waals surface area (Å²) >= 11 is 6.08. The van der Waals surface area contributed by atoms with Crippen LogP contribution in [0.4, 0.5) is 28.9 Å². The van der Waals surface area contributed by atoms with Crippen LogP contribution in [0.15, 0.2) is 60.8 Å². The van der Waals surface area contributed by atoms with E-state index in [-0.39, 0.29) is 24.2 Å². The minimum atomic E-state index is -4.74. The topological polar surface area (TPSA) is 62.1 Å². The Morgan fingerprint density at radius 2 is 1.88 bits per heavy atom. The van der Waals surface area contributed by atoms with E-state index < -0.39 is 12.2 Å². The Morgan fingerprint density at radius 3 is 2.55 bits per heavy atom. The number of hydrogen-bond acceptors (Lipinski definition) is 5. The summed E-state index contributed by atoms with van der Waals surface area (Å²) in [6.45, 7) is 5.44. The van der Waals surface area contributed by atoms with E-state index in [2.05, 4.69) is 19.9 Å². The molecule has 210 valence electrons. The molecule has 0 aliphatic carbocycles. The van der Waals surface area contributed by atoms with Gasteiger partial charge in [0.15, 0.2) is 0 Å². The number of hydrogen-bond donors (Lipinski definition) is 1. The lowest BCUT2D eigenvalue weighted by Crippen LogP contribution is -2.52. The Hall–Kier alpha value is -3.99. The molecular formula is C28H26ClF4N5O2. The number of benzene rings is 2. The molecular weight excluding hydrogens is 550 g/mol. The predicted molar refractivity (Wildman–Crippen MR) is 145 cm³/mol. The summed E-state index contributed by atoms with van der Waals surface area (Å²) < 4.78 is 58.1. The van der Waals surface area contributed by atoms with Crippen LogP contribution in [-0.4, -0.2) is 47.3 Å². The highest BCUT2D eigenvalue weighted by atomic mass is 35.5. The first-order valence-corrected chi connectivity index (χ1v) is 12.9. The smallest absolute Gasteiger partial charge is 0.406 e. The molecule has 1 fully saturated rings. The Kier molecular flexibility index (Phi) is 7.50. The molecule has 3 heterocycles. The highest BCUT2D eigenvalue weighted by Gasteiger charge is 2.31. The van der Waals surface area contributed by atoms with Crippen molar-refractivity contribution >= 4 is 34.5 Å². The number of ether oxygens (including phenoxy) is 1. The summed E-state index contributed by atoms with van der Waals surface area (Å²) in [7, 11) is 0. The maximum atomic E-state index is 15.2. The number of imidazole rings is 1. The van der Waals surface area contributed by atoms with Gasteiger partial charge in [-0.05, 0) is 67.9 Å². The van der Waals surface area contributed by atoms with E-state index in [0.717, 1.165) is 5.69 Å². The maximum absolute atomic E-state index is 15.2. The second kappa shape index (κ2) is 10.9. The van der Waals surface area contributed by atoms with Gasteiger partial charge in [0.1, 0.15) is 22.9 Å². The van der Waals surface area contributed by atoms with Crippen molar-refractivity contribution in [3.63, 3.8) is 0 Å². The standard InChI is InChI=1S/C28H26ClF4N5O2/c1-17-15-36(11-12-37(17)21-5-7-22(8-6-21)40-28(31,32)33)24-9-3-19(13-23(24)30)14-34-27(39)26-18(2)35-25-10-4-20(29)16-38(25)26/h3-10,13,16-17H,11-12,14-15H2,1-2H3,(H,34,39)/t17-/m0/s1. The van der Waals surface area contributed by atoms with Crippen molar-refractivity contribution in [3.05, 3.63) is 88.6 Å². The van der Waals surface area contributed by atoms with Gasteiger partial charge in [-0.15, -0.1) is 13.2 Å². The third-order valence-electron chi connectivity index (χ3n) is 6.81. The second-order valence-electron chi connectivity index (χ2n) is 9.62. The first-order valence-electron chi connectivity index (χ1n) is 12.6. The van der Waals surface area contributed by atoms with Gasteiger partial charge in [-0.3, -0.25) is 9.20 Å². The first-order chi connectivity index (χ1) is 19.0. The SMILES string of the molecule is Cc1nc2ccc(Cl)cn2c1C(=O)NCc1ccc(N2CCN(c3ccc(OC(F)(F)F)cc3)[C@@H](C)C2)c(F)c1. The molecule has 0 unspecified atom stereocenters. The number of aromatic nitrogens is 2. The Bertz CT molecular complexity index is 1540. The third-order valence-corrected chi connectivity index (χ3v) is 7.03. The normalized spacial score (nSPS) is 15.9. The van der Waals surface area contributed by atoms with Crippen molar-refractivity contribution in [1.82, 2.24) is 14.7 Å².